The molecule has 2 heterocycles. The van der Waals surface area contributed by atoms with Gasteiger partial charge in [-0.05, 0) is 36.5 Å². The maximum atomic E-state index is 14.8. The number of allylic oxidation sites excluding steroid dienone is 1. The first kappa shape index (κ1) is 22.7. The molecule has 0 bridgehead atoms. The van der Waals surface area contributed by atoms with Crippen molar-refractivity contribution >= 4 is 29.0 Å². The van der Waals surface area contributed by atoms with Crippen molar-refractivity contribution in [3.63, 3.8) is 0 Å². The molecule has 0 atom stereocenters. The average Bonchev–Trinajstić information content (AvgIpc) is 3.61. The number of amides is 1. The Morgan fingerprint density at radius 3 is 2.85 bits per heavy atom. The molecule has 0 radical (unpaired) electrons. The lowest BCUT2D eigenvalue weighted by Gasteiger charge is -2.20. The topological polar surface area (TPSA) is 90.4 Å². The number of halogens is 2. The Morgan fingerprint density at radius 2 is 2.18 bits per heavy atom. The van der Waals surface area contributed by atoms with E-state index in [0.717, 1.165) is 12.8 Å². The number of carbonyl (C=O) groups excluding carboxylic acids is 1. The highest BCUT2D eigenvalue weighted by atomic mass is 35.5. The summed E-state index contributed by atoms with van der Waals surface area (Å²) in [4.78, 5) is 37.3. The molecule has 33 heavy (non-hydrogen) atoms. The molecule has 1 aliphatic heterocycles. The van der Waals surface area contributed by atoms with Crippen LogP contribution in [0.25, 0.3) is 11.4 Å². The zero-order chi connectivity index (χ0) is 23.5. The summed E-state index contributed by atoms with van der Waals surface area (Å²) >= 11 is 6.47. The highest BCUT2D eigenvalue weighted by molar-refractivity contribution is 6.34. The summed E-state index contributed by atoms with van der Waals surface area (Å²) in [5.74, 6) is 6.01. The Kier molecular flexibility index (Phi) is 6.61. The van der Waals surface area contributed by atoms with Crippen molar-refractivity contribution in [2.24, 2.45) is 16.8 Å². The first-order chi connectivity index (χ1) is 15.8. The third-order valence-electron chi connectivity index (χ3n) is 5.20. The summed E-state index contributed by atoms with van der Waals surface area (Å²) < 4.78 is 14.8. The van der Waals surface area contributed by atoms with Crippen LogP contribution in [0, 0.1) is 29.5 Å². The predicted molar refractivity (Wildman–Crippen MR) is 126 cm³/mol. The van der Waals surface area contributed by atoms with E-state index in [1.54, 1.807) is 31.0 Å². The van der Waals surface area contributed by atoms with Crippen LogP contribution in [0.2, 0.25) is 5.02 Å². The summed E-state index contributed by atoms with van der Waals surface area (Å²) in [6.07, 6.45) is 5.78. The highest BCUT2D eigenvalue weighted by Gasteiger charge is 2.20. The normalized spacial score (nSPS) is 15.2. The van der Waals surface area contributed by atoms with E-state index < -0.39 is 11.4 Å². The van der Waals surface area contributed by atoms with Gasteiger partial charge in [0.15, 0.2) is 0 Å². The van der Waals surface area contributed by atoms with Crippen LogP contribution in [0.15, 0.2) is 40.3 Å². The Labute approximate surface area is 195 Å². The van der Waals surface area contributed by atoms with Gasteiger partial charge in [0.1, 0.15) is 29.8 Å². The highest BCUT2D eigenvalue weighted by Crippen LogP contribution is 2.32. The fourth-order valence-electron chi connectivity index (χ4n) is 3.09. The molecule has 0 saturated heterocycles. The van der Waals surface area contributed by atoms with Crippen LogP contribution in [0.1, 0.15) is 32.3 Å². The van der Waals surface area contributed by atoms with E-state index in [-0.39, 0.29) is 41.4 Å². The molecule has 2 N–H and O–H groups in total. The fraction of sp³-hybridized carbons (Fsp3) is 0.333. The molecule has 1 amide bonds. The predicted octanol–water partition coefficient (Wildman–Crippen LogP) is 3.65. The van der Waals surface area contributed by atoms with Gasteiger partial charge in [-0.2, -0.15) is 0 Å². The van der Waals surface area contributed by atoms with E-state index in [4.69, 9.17) is 11.6 Å². The second-order valence-corrected chi connectivity index (χ2v) is 8.61. The zero-order valence-corrected chi connectivity index (χ0v) is 19.0. The Morgan fingerprint density at radius 1 is 1.39 bits per heavy atom. The summed E-state index contributed by atoms with van der Waals surface area (Å²) in [5.41, 5.74) is 0.693. The number of anilines is 1. The maximum Gasteiger partial charge on any atom is 0.253 e. The number of aromatic nitrogens is 2. The minimum Gasteiger partial charge on any atom is -0.352 e. The van der Waals surface area contributed by atoms with E-state index in [1.807, 2.05) is 0 Å². The van der Waals surface area contributed by atoms with Crippen molar-refractivity contribution in [2.45, 2.75) is 33.2 Å². The van der Waals surface area contributed by atoms with E-state index in [9.17, 15) is 14.0 Å². The molecule has 2 aromatic rings. The Hall–Kier alpha value is -3.44. The van der Waals surface area contributed by atoms with Crippen molar-refractivity contribution in [1.29, 1.82) is 0 Å². The maximum absolute atomic E-state index is 14.8. The fourth-order valence-corrected chi connectivity index (χ4v) is 3.40. The van der Waals surface area contributed by atoms with E-state index in [2.05, 4.69) is 32.1 Å². The number of nitrogens with one attached hydrogen (secondary N) is 2. The van der Waals surface area contributed by atoms with Crippen LogP contribution in [0.3, 0.4) is 0 Å². The van der Waals surface area contributed by atoms with Gasteiger partial charge >= 0.3 is 0 Å². The minimum atomic E-state index is -0.635. The van der Waals surface area contributed by atoms with E-state index in [0.29, 0.717) is 23.0 Å². The lowest BCUT2D eigenvalue weighted by molar-refractivity contribution is -0.124. The van der Waals surface area contributed by atoms with Gasteiger partial charge in [0.05, 0.1) is 10.6 Å². The van der Waals surface area contributed by atoms with Crippen molar-refractivity contribution in [3.8, 4) is 23.2 Å². The largest absolute Gasteiger partial charge is 0.352 e. The molecule has 0 spiro atoms. The summed E-state index contributed by atoms with van der Waals surface area (Å²) in [6.45, 7) is 3.91. The van der Waals surface area contributed by atoms with Crippen LogP contribution in [0.5, 0.6) is 0 Å². The third-order valence-corrected chi connectivity index (χ3v) is 5.63. The standard InChI is InChI=1S/C24H23ClFN5O2/c1-14(2)24(33)27-12-16-6-8-18(26)21(22(16)25)23-29-19(11-20(32)30-23)31-10-9-17(28-13-31)7-5-15-3-4-15/h6,8-11,14-15H,3-4,12-13H2,1-2H3,(H,27,33)(H,29,30,32). The number of aliphatic imine (C=N–C) groups is 1. The summed E-state index contributed by atoms with van der Waals surface area (Å²) in [7, 11) is 0. The first-order valence-electron chi connectivity index (χ1n) is 10.7. The van der Waals surface area contributed by atoms with Crippen molar-refractivity contribution in [2.75, 3.05) is 11.6 Å². The van der Waals surface area contributed by atoms with Gasteiger partial charge in [-0.25, -0.2) is 9.37 Å². The second-order valence-electron chi connectivity index (χ2n) is 8.23. The van der Waals surface area contributed by atoms with Gasteiger partial charge in [0.2, 0.25) is 5.91 Å². The molecule has 1 saturated carbocycles. The van der Waals surface area contributed by atoms with Crippen LogP contribution in [0.4, 0.5) is 10.2 Å². The van der Waals surface area contributed by atoms with Gasteiger partial charge in [0, 0.05) is 30.6 Å². The molecule has 1 aromatic carbocycles. The molecule has 4 rings (SSSR count). The van der Waals surface area contributed by atoms with Crippen LogP contribution in [-0.2, 0) is 11.3 Å². The number of carbonyl (C=O) groups is 1. The quantitative estimate of drug-likeness (QED) is 0.657. The summed E-state index contributed by atoms with van der Waals surface area (Å²) in [6, 6.07) is 4.04. The number of rotatable bonds is 5. The SMILES string of the molecule is CC(C)C(=O)NCc1ccc(F)c(-c2nc(N3C=CC(C#CC4CC4)=NC3)cc(=O)[nH]2)c1Cl. The van der Waals surface area contributed by atoms with Gasteiger partial charge < -0.3 is 15.2 Å². The molecule has 0 unspecified atom stereocenters. The molecule has 170 valence electrons. The van der Waals surface area contributed by atoms with Gasteiger partial charge in [-0.1, -0.05) is 37.4 Å². The molecule has 9 heteroatoms. The van der Waals surface area contributed by atoms with Crippen molar-refractivity contribution in [3.05, 3.63) is 57.2 Å². The Balaban J connectivity index is 1.60. The number of hydrogen-bond donors (Lipinski definition) is 2. The van der Waals surface area contributed by atoms with E-state index in [1.165, 1.54) is 18.2 Å². The monoisotopic (exact) mass is 467 g/mol. The molecule has 7 nitrogen and oxygen atoms in total. The van der Waals surface area contributed by atoms with Crippen LogP contribution in [-0.4, -0.2) is 28.3 Å². The first-order valence-corrected chi connectivity index (χ1v) is 11.1. The number of hydrogen-bond acceptors (Lipinski definition) is 5. The van der Waals surface area contributed by atoms with Gasteiger partial charge in [-0.3, -0.25) is 14.6 Å². The number of H-pyrrole nitrogens is 1. The van der Waals surface area contributed by atoms with Crippen LogP contribution >= 0.6 is 11.6 Å². The zero-order valence-electron chi connectivity index (χ0n) is 18.3. The molecular formula is C24H23ClFN5O2. The smallest absolute Gasteiger partial charge is 0.253 e. The lowest BCUT2D eigenvalue weighted by Crippen LogP contribution is -2.27. The molecule has 1 aromatic heterocycles. The third kappa shape index (κ3) is 5.49. The molecular weight excluding hydrogens is 445 g/mol. The van der Waals surface area contributed by atoms with Crippen molar-refractivity contribution in [1.82, 2.24) is 15.3 Å². The van der Waals surface area contributed by atoms with E-state index >= 15 is 0 Å². The van der Waals surface area contributed by atoms with Gasteiger partial charge in [0.25, 0.3) is 5.56 Å². The van der Waals surface area contributed by atoms with Crippen LogP contribution < -0.4 is 15.8 Å². The molecule has 1 aliphatic carbocycles. The number of aromatic amines is 1. The molecule has 2 aliphatic rings. The average molecular weight is 468 g/mol. The van der Waals surface area contributed by atoms with Crippen molar-refractivity contribution < 1.29 is 9.18 Å². The summed E-state index contributed by atoms with van der Waals surface area (Å²) in [5, 5.41) is 2.83. The lowest BCUT2D eigenvalue weighted by atomic mass is 10.1. The second kappa shape index (κ2) is 9.59. The minimum absolute atomic E-state index is 0.00580. The number of nitrogens with zero attached hydrogens (tertiary/aromatic N) is 3. The Bertz CT molecular complexity index is 1270. The number of benzene rings is 1. The van der Waals surface area contributed by atoms with Gasteiger partial charge in [-0.15, -0.1) is 0 Å². The molecule has 1 fully saturated rings.